The number of carbonyl (C=O) groups is 1. The average molecular weight is 453 g/mol. The van der Waals surface area contributed by atoms with Crippen molar-refractivity contribution in [3.05, 3.63) is 0 Å². The summed E-state index contributed by atoms with van der Waals surface area (Å²) >= 11 is 0. The Morgan fingerprint density at radius 3 is 1.91 bits per heavy atom. The van der Waals surface area contributed by atoms with Gasteiger partial charge < -0.3 is 14.7 Å². The van der Waals surface area contributed by atoms with Crippen molar-refractivity contribution < 1.29 is 14.6 Å². The molecule has 0 aliphatic carbocycles. The molecule has 2 fully saturated rings. The third-order valence-corrected chi connectivity index (χ3v) is 8.08. The van der Waals surface area contributed by atoms with Crippen LogP contribution in [0.2, 0.25) is 0 Å². The van der Waals surface area contributed by atoms with E-state index in [1.807, 2.05) is 18.9 Å². The van der Waals surface area contributed by atoms with Gasteiger partial charge in [0.2, 0.25) is 0 Å². The van der Waals surface area contributed by atoms with Gasteiger partial charge in [0.1, 0.15) is 5.72 Å². The van der Waals surface area contributed by atoms with Gasteiger partial charge in [-0.3, -0.25) is 9.69 Å². The van der Waals surface area contributed by atoms with Gasteiger partial charge >= 0.3 is 0 Å². The van der Waals surface area contributed by atoms with Crippen LogP contribution in [0.4, 0.5) is 0 Å². The highest BCUT2D eigenvalue weighted by Gasteiger charge is 2.64. The quantitative estimate of drug-likeness (QED) is 0.375. The van der Waals surface area contributed by atoms with Crippen LogP contribution in [-0.2, 0) is 9.53 Å². The Morgan fingerprint density at radius 2 is 1.41 bits per heavy atom. The van der Waals surface area contributed by atoms with Crippen molar-refractivity contribution in [3.8, 4) is 0 Å². The molecule has 0 radical (unpaired) electrons. The molecule has 2 rings (SSSR count). The molecule has 32 heavy (non-hydrogen) atoms. The number of β-amino-alcohol motifs (C(OH)–C–C–N with tert-alkyl or cyclic N) is 1. The number of hydrogen-bond donors (Lipinski definition) is 1. The molecule has 1 amide bonds. The lowest BCUT2D eigenvalue weighted by molar-refractivity contribution is -0.194. The van der Waals surface area contributed by atoms with Gasteiger partial charge in [0, 0.05) is 37.5 Å². The number of nitrogens with zero attached hydrogens (tertiary/aromatic N) is 2. The van der Waals surface area contributed by atoms with Gasteiger partial charge in [-0.25, -0.2) is 0 Å². The molecule has 5 nitrogen and oxygen atoms in total. The van der Waals surface area contributed by atoms with Crippen LogP contribution in [0, 0.1) is 0 Å². The van der Waals surface area contributed by atoms with Crippen molar-refractivity contribution in [2.45, 2.75) is 154 Å². The number of aliphatic hydroxyl groups excluding tert-OH is 1. The summed E-state index contributed by atoms with van der Waals surface area (Å²) in [6.07, 6.45) is 12.8. The Kier molecular flexibility index (Phi) is 9.26. The number of rotatable bonds is 12. The van der Waals surface area contributed by atoms with Crippen molar-refractivity contribution in [1.29, 1.82) is 0 Å². The van der Waals surface area contributed by atoms with Crippen LogP contribution in [0.25, 0.3) is 0 Å². The Bertz CT molecular complexity index is 600. The molecular formula is C27H52N2O3. The Hall–Kier alpha value is -0.650. The molecule has 2 atom stereocenters. The summed E-state index contributed by atoms with van der Waals surface area (Å²) in [5.41, 5.74) is -1.78. The number of unbranched alkanes of at least 4 members (excludes halogenated alkanes) is 7. The monoisotopic (exact) mass is 452 g/mol. The van der Waals surface area contributed by atoms with Gasteiger partial charge in [0.05, 0.1) is 6.10 Å². The Balaban J connectivity index is 2.04. The first kappa shape index (κ1) is 27.6. The van der Waals surface area contributed by atoms with Gasteiger partial charge in [-0.2, -0.15) is 0 Å². The number of likely N-dealkylation sites (N-methyl/N-ethyl adjacent to an activating group) is 1. The van der Waals surface area contributed by atoms with Crippen LogP contribution >= 0.6 is 0 Å². The summed E-state index contributed by atoms with van der Waals surface area (Å²) in [4.78, 5) is 17.9. The zero-order chi connectivity index (χ0) is 24.2. The van der Waals surface area contributed by atoms with Gasteiger partial charge in [0.25, 0.3) is 5.91 Å². The third kappa shape index (κ3) is 6.07. The lowest BCUT2D eigenvalue weighted by Crippen LogP contribution is -2.68. The number of carbonyl (C=O) groups excluding carboxylic acids is 1. The van der Waals surface area contributed by atoms with E-state index < -0.39 is 11.3 Å². The van der Waals surface area contributed by atoms with Crippen molar-refractivity contribution in [2.75, 3.05) is 13.6 Å². The summed E-state index contributed by atoms with van der Waals surface area (Å²) in [7, 11) is 1.93. The summed E-state index contributed by atoms with van der Waals surface area (Å²) in [6.45, 7) is 15.8. The number of likely N-dealkylation sites (tertiary alicyclic amines) is 1. The number of amides is 1. The molecular weight excluding hydrogens is 400 g/mol. The Morgan fingerprint density at radius 1 is 0.906 bits per heavy atom. The van der Waals surface area contributed by atoms with Crippen LogP contribution in [0.3, 0.4) is 0 Å². The van der Waals surface area contributed by atoms with Gasteiger partial charge in [-0.05, 0) is 53.9 Å². The van der Waals surface area contributed by atoms with Crippen molar-refractivity contribution in [3.63, 3.8) is 0 Å². The predicted octanol–water partition coefficient (Wildman–Crippen LogP) is 5.88. The van der Waals surface area contributed by atoms with Crippen LogP contribution < -0.4 is 0 Å². The normalized spacial score (nSPS) is 27.9. The smallest absolute Gasteiger partial charge is 0.257 e. The van der Waals surface area contributed by atoms with Crippen molar-refractivity contribution >= 4 is 5.91 Å². The van der Waals surface area contributed by atoms with Gasteiger partial charge in [-0.15, -0.1) is 0 Å². The minimum absolute atomic E-state index is 0.136. The average Bonchev–Trinajstić information content (AvgIpc) is 2.86. The molecule has 0 aromatic rings. The zero-order valence-corrected chi connectivity index (χ0v) is 22.4. The second-order valence-corrected chi connectivity index (χ2v) is 12.0. The topological polar surface area (TPSA) is 53.0 Å². The predicted molar refractivity (Wildman–Crippen MR) is 133 cm³/mol. The second kappa shape index (κ2) is 10.7. The minimum Gasteiger partial charge on any atom is -0.392 e. The molecule has 5 heteroatoms. The van der Waals surface area contributed by atoms with Crippen molar-refractivity contribution in [1.82, 2.24) is 9.80 Å². The first-order valence-corrected chi connectivity index (χ1v) is 13.3. The van der Waals surface area contributed by atoms with Crippen LogP contribution in [-0.4, -0.2) is 62.9 Å². The van der Waals surface area contributed by atoms with Gasteiger partial charge in [0.15, 0.2) is 5.60 Å². The first-order chi connectivity index (χ1) is 14.8. The molecule has 2 heterocycles. The summed E-state index contributed by atoms with van der Waals surface area (Å²) in [6, 6.07) is 0. The summed E-state index contributed by atoms with van der Waals surface area (Å²) < 4.78 is 6.80. The molecule has 2 unspecified atom stereocenters. The summed E-state index contributed by atoms with van der Waals surface area (Å²) in [5, 5.41) is 10.4. The van der Waals surface area contributed by atoms with E-state index >= 15 is 0 Å². The van der Waals surface area contributed by atoms with E-state index in [0.717, 1.165) is 19.3 Å². The highest BCUT2D eigenvalue weighted by molar-refractivity contribution is 5.88. The molecule has 2 saturated heterocycles. The van der Waals surface area contributed by atoms with Crippen LogP contribution in [0.15, 0.2) is 0 Å². The fourth-order valence-electron chi connectivity index (χ4n) is 6.39. The lowest BCUT2D eigenvalue weighted by Gasteiger charge is -2.58. The molecule has 0 bridgehead atoms. The molecule has 2 aliphatic rings. The maximum atomic E-state index is 13.6. The minimum atomic E-state index is -0.773. The number of aliphatic hydroxyl groups is 1. The van der Waals surface area contributed by atoms with Crippen LogP contribution in [0.5, 0.6) is 0 Å². The molecule has 0 saturated carbocycles. The standard InChI is InChI=1S/C27H52N2O3/c1-9-11-12-13-14-15-16-17-18-26(7)28(8)23(31)27(32-26)20-24(3,4)29(19-22(30)10-2)25(5,6)21-27/h22,30H,9-21H2,1-8H3. The summed E-state index contributed by atoms with van der Waals surface area (Å²) in [5.74, 6) is 0.136. The fourth-order valence-corrected chi connectivity index (χ4v) is 6.39. The SMILES string of the molecule is CCCCCCCCCCC1(C)OC2(CC(C)(C)N(CC(O)CC)C(C)(C)C2)C(=O)N1C. The van der Waals surface area contributed by atoms with E-state index in [9.17, 15) is 9.90 Å². The number of ether oxygens (including phenoxy) is 1. The maximum absolute atomic E-state index is 13.6. The van der Waals surface area contributed by atoms with E-state index in [1.165, 1.54) is 44.9 Å². The van der Waals surface area contributed by atoms with E-state index in [2.05, 4.69) is 46.4 Å². The van der Waals surface area contributed by atoms with Crippen LogP contribution in [0.1, 0.15) is 126 Å². The van der Waals surface area contributed by atoms with E-state index in [4.69, 9.17) is 4.74 Å². The molecule has 2 aliphatic heterocycles. The van der Waals surface area contributed by atoms with E-state index in [0.29, 0.717) is 19.4 Å². The largest absolute Gasteiger partial charge is 0.392 e. The highest BCUT2D eigenvalue weighted by Crippen LogP contribution is 2.52. The maximum Gasteiger partial charge on any atom is 0.257 e. The highest BCUT2D eigenvalue weighted by atomic mass is 16.6. The number of piperidine rings is 1. The van der Waals surface area contributed by atoms with Gasteiger partial charge in [-0.1, -0.05) is 58.8 Å². The molecule has 1 N–H and O–H groups in total. The molecule has 188 valence electrons. The van der Waals surface area contributed by atoms with Crippen molar-refractivity contribution in [2.24, 2.45) is 0 Å². The van der Waals surface area contributed by atoms with E-state index in [-0.39, 0.29) is 23.1 Å². The zero-order valence-electron chi connectivity index (χ0n) is 22.4. The lowest BCUT2D eigenvalue weighted by atomic mass is 9.70. The van der Waals surface area contributed by atoms with E-state index in [1.54, 1.807) is 0 Å². The third-order valence-electron chi connectivity index (χ3n) is 8.08. The molecule has 1 spiro atoms. The molecule has 0 aromatic heterocycles. The molecule has 0 aromatic carbocycles. The Labute approximate surface area is 198 Å². The second-order valence-electron chi connectivity index (χ2n) is 12.0. The fraction of sp³-hybridized carbons (Fsp3) is 0.963. The number of hydrogen-bond acceptors (Lipinski definition) is 4. The first-order valence-electron chi connectivity index (χ1n) is 13.3.